The Hall–Kier alpha value is -5.04. The number of carboxylic acid groups (broad SMARTS) is 1. The van der Waals surface area contributed by atoms with E-state index in [0.717, 1.165) is 34.1 Å². The molecule has 1 N–H and O–H groups in total. The van der Waals surface area contributed by atoms with Crippen LogP contribution in [0, 0.1) is 6.92 Å². The Balaban J connectivity index is 1.31. The third kappa shape index (κ3) is 5.99. The van der Waals surface area contributed by atoms with E-state index >= 15 is 0 Å². The molecule has 0 aliphatic rings. The Kier molecular flexibility index (Phi) is 8.11. The van der Waals surface area contributed by atoms with Gasteiger partial charge in [-0.05, 0) is 67.1 Å². The van der Waals surface area contributed by atoms with Gasteiger partial charge in [-0.1, -0.05) is 48.5 Å². The number of aromatic nitrogens is 1. The summed E-state index contributed by atoms with van der Waals surface area (Å²) in [6, 6.07) is 32.7. The number of hydrogen-bond donors (Lipinski definition) is 1. The first kappa shape index (κ1) is 26.6. The van der Waals surface area contributed by atoms with Crippen LogP contribution in [0.3, 0.4) is 0 Å². The lowest BCUT2D eigenvalue weighted by Crippen LogP contribution is -2.19. The normalized spacial score (nSPS) is 10.8. The second kappa shape index (κ2) is 12.2. The van der Waals surface area contributed by atoms with Gasteiger partial charge in [-0.2, -0.15) is 0 Å². The predicted octanol–water partition coefficient (Wildman–Crippen LogP) is 7.32. The van der Waals surface area contributed by atoms with E-state index in [2.05, 4.69) is 9.88 Å². The molecule has 0 radical (unpaired) electrons. The van der Waals surface area contributed by atoms with Crippen molar-refractivity contribution in [3.8, 4) is 23.0 Å². The minimum Gasteiger partial charge on any atom is -0.496 e. The van der Waals surface area contributed by atoms with E-state index in [1.54, 1.807) is 12.1 Å². The topological polar surface area (TPSA) is 85.0 Å². The van der Waals surface area contributed by atoms with Crippen molar-refractivity contribution in [1.82, 2.24) is 4.98 Å². The standard InChI is InChI=1S/C33H30N2O5/c1-23-29(34-32(40-23)24-10-5-3-6-11-24)20-21-39-28-18-16-27(17-19-28)35(26-13-7-4-8-14-26)22-25-12-9-15-30(38-2)31(25)33(36)37/h3-19H,20-22H2,1-2H3,(H,36,37). The molecule has 5 aromatic rings. The molecule has 5 rings (SSSR count). The molecule has 0 unspecified atom stereocenters. The Morgan fingerprint density at radius 2 is 1.55 bits per heavy atom. The lowest BCUT2D eigenvalue weighted by atomic mass is 10.0. The molecule has 1 aromatic heterocycles. The first-order valence-electron chi connectivity index (χ1n) is 13.0. The summed E-state index contributed by atoms with van der Waals surface area (Å²) in [7, 11) is 1.48. The highest BCUT2D eigenvalue weighted by atomic mass is 16.5. The minimum atomic E-state index is -1.03. The third-order valence-electron chi connectivity index (χ3n) is 6.61. The number of methoxy groups -OCH3 is 1. The number of aromatic carboxylic acids is 1. The molecular formula is C33H30N2O5. The molecule has 0 aliphatic heterocycles. The van der Waals surface area contributed by atoms with Crippen LogP contribution in [0.25, 0.3) is 11.5 Å². The van der Waals surface area contributed by atoms with Gasteiger partial charge in [0.1, 0.15) is 22.8 Å². The van der Waals surface area contributed by atoms with Crippen molar-refractivity contribution in [1.29, 1.82) is 0 Å². The van der Waals surface area contributed by atoms with Crippen molar-refractivity contribution in [2.45, 2.75) is 19.9 Å². The quantitative estimate of drug-likeness (QED) is 0.190. The van der Waals surface area contributed by atoms with E-state index in [4.69, 9.17) is 13.9 Å². The van der Waals surface area contributed by atoms with Gasteiger partial charge in [-0.25, -0.2) is 9.78 Å². The Bertz CT molecular complexity index is 1560. The highest BCUT2D eigenvalue weighted by Gasteiger charge is 2.20. The summed E-state index contributed by atoms with van der Waals surface area (Å²) in [6.45, 7) is 2.72. The monoisotopic (exact) mass is 534 g/mol. The van der Waals surface area contributed by atoms with Crippen LogP contribution >= 0.6 is 0 Å². The van der Waals surface area contributed by atoms with Crippen LogP contribution in [-0.4, -0.2) is 29.8 Å². The van der Waals surface area contributed by atoms with Gasteiger partial charge in [-0.15, -0.1) is 0 Å². The van der Waals surface area contributed by atoms with Gasteiger partial charge in [0.2, 0.25) is 5.89 Å². The van der Waals surface area contributed by atoms with Crippen LogP contribution in [0.15, 0.2) is 108 Å². The number of carboxylic acids is 1. The van der Waals surface area contributed by atoms with E-state index in [0.29, 0.717) is 36.8 Å². The lowest BCUT2D eigenvalue weighted by molar-refractivity contribution is 0.0692. The summed E-state index contributed by atoms with van der Waals surface area (Å²) in [6.07, 6.45) is 0.619. The van der Waals surface area contributed by atoms with Gasteiger partial charge < -0.3 is 23.9 Å². The Morgan fingerprint density at radius 3 is 2.23 bits per heavy atom. The summed E-state index contributed by atoms with van der Waals surface area (Å²) >= 11 is 0. The van der Waals surface area contributed by atoms with Gasteiger partial charge in [0.15, 0.2) is 0 Å². The highest BCUT2D eigenvalue weighted by Crippen LogP contribution is 2.32. The van der Waals surface area contributed by atoms with Crippen LogP contribution in [0.5, 0.6) is 11.5 Å². The third-order valence-corrected chi connectivity index (χ3v) is 6.61. The van der Waals surface area contributed by atoms with Crippen molar-refractivity contribution in [2.75, 3.05) is 18.6 Å². The summed E-state index contributed by atoms with van der Waals surface area (Å²) in [5, 5.41) is 9.88. The van der Waals surface area contributed by atoms with Crippen LogP contribution in [0.1, 0.15) is 27.4 Å². The summed E-state index contributed by atoms with van der Waals surface area (Å²) < 4.78 is 17.2. The van der Waals surface area contributed by atoms with Crippen LogP contribution in [0.4, 0.5) is 11.4 Å². The number of anilines is 2. The minimum absolute atomic E-state index is 0.157. The average molecular weight is 535 g/mol. The Labute approximate surface area is 233 Å². The molecule has 0 saturated carbocycles. The smallest absolute Gasteiger partial charge is 0.339 e. The summed E-state index contributed by atoms with van der Waals surface area (Å²) in [5.41, 5.74) is 4.46. The molecule has 7 heteroatoms. The van der Waals surface area contributed by atoms with Crippen LogP contribution in [-0.2, 0) is 13.0 Å². The molecule has 4 aromatic carbocycles. The molecule has 0 spiro atoms. The molecule has 40 heavy (non-hydrogen) atoms. The number of oxazole rings is 1. The SMILES string of the molecule is COc1cccc(CN(c2ccccc2)c2ccc(OCCc3nc(-c4ccccc4)oc3C)cc2)c1C(=O)O. The Morgan fingerprint density at radius 1 is 0.875 bits per heavy atom. The maximum Gasteiger partial charge on any atom is 0.339 e. The van der Waals surface area contributed by atoms with E-state index in [-0.39, 0.29) is 5.56 Å². The zero-order valence-corrected chi connectivity index (χ0v) is 22.4. The predicted molar refractivity (Wildman–Crippen MR) is 155 cm³/mol. The average Bonchev–Trinajstić information content (AvgIpc) is 3.37. The molecular weight excluding hydrogens is 504 g/mol. The van der Waals surface area contributed by atoms with Crippen molar-refractivity contribution in [3.05, 3.63) is 126 Å². The van der Waals surface area contributed by atoms with Crippen molar-refractivity contribution in [3.63, 3.8) is 0 Å². The first-order chi connectivity index (χ1) is 19.5. The molecule has 0 amide bonds. The summed E-state index contributed by atoms with van der Waals surface area (Å²) in [4.78, 5) is 18.8. The maximum absolute atomic E-state index is 12.1. The zero-order chi connectivity index (χ0) is 27.9. The molecule has 0 atom stereocenters. The van der Waals surface area contributed by atoms with E-state index in [1.165, 1.54) is 7.11 Å². The second-order valence-corrected chi connectivity index (χ2v) is 9.20. The largest absolute Gasteiger partial charge is 0.496 e. The molecule has 0 aliphatic carbocycles. The van der Waals surface area contributed by atoms with Gasteiger partial charge in [0.25, 0.3) is 0 Å². The molecule has 7 nitrogen and oxygen atoms in total. The fourth-order valence-electron chi connectivity index (χ4n) is 4.58. The zero-order valence-electron chi connectivity index (χ0n) is 22.4. The molecule has 0 bridgehead atoms. The van der Waals surface area contributed by atoms with E-state index in [1.807, 2.05) is 97.9 Å². The second-order valence-electron chi connectivity index (χ2n) is 9.20. The van der Waals surface area contributed by atoms with Crippen LogP contribution < -0.4 is 14.4 Å². The molecule has 0 saturated heterocycles. The number of benzene rings is 4. The fourth-order valence-corrected chi connectivity index (χ4v) is 4.58. The first-order valence-corrected chi connectivity index (χ1v) is 13.0. The maximum atomic E-state index is 12.1. The number of carbonyl (C=O) groups is 1. The van der Waals surface area contributed by atoms with E-state index in [9.17, 15) is 9.90 Å². The van der Waals surface area contributed by atoms with Crippen molar-refractivity contribution >= 4 is 17.3 Å². The highest BCUT2D eigenvalue weighted by molar-refractivity contribution is 5.93. The van der Waals surface area contributed by atoms with Gasteiger partial charge in [0, 0.05) is 29.9 Å². The number of ether oxygens (including phenoxy) is 2. The number of aryl methyl sites for hydroxylation is 1. The lowest BCUT2D eigenvalue weighted by Gasteiger charge is -2.26. The fraction of sp³-hybridized carbons (Fsp3) is 0.152. The molecule has 1 heterocycles. The van der Waals surface area contributed by atoms with Gasteiger partial charge >= 0.3 is 5.97 Å². The summed E-state index contributed by atoms with van der Waals surface area (Å²) in [5.74, 6) is 1.44. The number of para-hydroxylation sites is 1. The molecule has 0 fully saturated rings. The van der Waals surface area contributed by atoms with Crippen molar-refractivity contribution < 1.29 is 23.8 Å². The van der Waals surface area contributed by atoms with Gasteiger partial charge in [-0.3, -0.25) is 0 Å². The number of nitrogens with zero attached hydrogens (tertiary/aromatic N) is 2. The van der Waals surface area contributed by atoms with Crippen LogP contribution in [0.2, 0.25) is 0 Å². The number of hydrogen-bond acceptors (Lipinski definition) is 6. The van der Waals surface area contributed by atoms with E-state index < -0.39 is 5.97 Å². The molecule has 202 valence electrons. The van der Waals surface area contributed by atoms with Crippen molar-refractivity contribution in [2.24, 2.45) is 0 Å². The number of rotatable bonds is 11. The van der Waals surface area contributed by atoms with Gasteiger partial charge in [0.05, 0.1) is 19.4 Å².